The van der Waals surface area contributed by atoms with Gasteiger partial charge in [-0.3, -0.25) is 4.79 Å². The van der Waals surface area contributed by atoms with Gasteiger partial charge in [-0.15, -0.1) is 0 Å². The van der Waals surface area contributed by atoms with Crippen molar-refractivity contribution in [3.05, 3.63) is 0 Å². The van der Waals surface area contributed by atoms with Crippen LogP contribution in [0.25, 0.3) is 0 Å². The van der Waals surface area contributed by atoms with Crippen molar-refractivity contribution in [1.82, 2.24) is 10.2 Å². The molecule has 0 radical (unpaired) electrons. The lowest BCUT2D eigenvalue weighted by Gasteiger charge is -2.38. The number of aliphatic carboxylic acids is 1. The van der Waals surface area contributed by atoms with Gasteiger partial charge in [0.05, 0.1) is 5.92 Å². The van der Waals surface area contributed by atoms with Gasteiger partial charge in [-0.25, -0.2) is 0 Å². The molecule has 3 atom stereocenters. The minimum Gasteiger partial charge on any atom is -0.481 e. The van der Waals surface area contributed by atoms with Crippen LogP contribution < -0.4 is 5.32 Å². The second-order valence-corrected chi connectivity index (χ2v) is 5.88. The standard InChI is InChI=1S/C13H26N2O2/c1-9(2)7-10(8-15(3)4)14-12-6-5-11(12)13(16)17/h9-12,14H,5-8H2,1-4H3,(H,16,17). The maximum absolute atomic E-state index is 11.0. The molecule has 1 fully saturated rings. The van der Waals surface area contributed by atoms with Crippen molar-refractivity contribution in [3.63, 3.8) is 0 Å². The van der Waals surface area contributed by atoms with Gasteiger partial charge >= 0.3 is 5.97 Å². The second kappa shape index (κ2) is 6.36. The molecule has 0 bridgehead atoms. The van der Waals surface area contributed by atoms with E-state index in [1.54, 1.807) is 0 Å². The Balaban J connectivity index is 2.45. The van der Waals surface area contributed by atoms with E-state index < -0.39 is 5.97 Å². The Morgan fingerprint density at radius 1 is 1.41 bits per heavy atom. The Labute approximate surface area is 104 Å². The number of hydrogen-bond donors (Lipinski definition) is 2. The number of hydrogen-bond acceptors (Lipinski definition) is 3. The van der Waals surface area contributed by atoms with Gasteiger partial charge in [0.15, 0.2) is 0 Å². The molecule has 0 spiro atoms. The first kappa shape index (κ1) is 14.5. The van der Waals surface area contributed by atoms with Gasteiger partial charge in [0.1, 0.15) is 0 Å². The summed E-state index contributed by atoms with van der Waals surface area (Å²) in [4.78, 5) is 13.1. The van der Waals surface area contributed by atoms with Crippen LogP contribution in [0.5, 0.6) is 0 Å². The average Bonchev–Trinajstić information content (AvgIpc) is 2.08. The van der Waals surface area contributed by atoms with Gasteiger partial charge < -0.3 is 15.3 Å². The SMILES string of the molecule is CC(C)CC(CN(C)C)NC1CCC1C(=O)O. The lowest BCUT2D eigenvalue weighted by Crippen LogP contribution is -2.53. The van der Waals surface area contributed by atoms with Crippen molar-refractivity contribution in [1.29, 1.82) is 0 Å². The van der Waals surface area contributed by atoms with E-state index in [-0.39, 0.29) is 12.0 Å². The highest BCUT2D eigenvalue weighted by molar-refractivity contribution is 5.72. The van der Waals surface area contributed by atoms with E-state index >= 15 is 0 Å². The molecular formula is C13H26N2O2. The van der Waals surface area contributed by atoms with Crippen LogP contribution in [-0.2, 0) is 4.79 Å². The first-order chi connectivity index (χ1) is 7.90. The molecule has 1 saturated carbocycles. The highest BCUT2D eigenvalue weighted by atomic mass is 16.4. The number of carboxylic acids is 1. The van der Waals surface area contributed by atoms with Crippen molar-refractivity contribution in [2.24, 2.45) is 11.8 Å². The van der Waals surface area contributed by atoms with Crippen LogP contribution >= 0.6 is 0 Å². The zero-order chi connectivity index (χ0) is 13.0. The van der Waals surface area contributed by atoms with Gasteiger partial charge in [-0.1, -0.05) is 13.8 Å². The minimum atomic E-state index is -0.651. The van der Waals surface area contributed by atoms with Gasteiger partial charge in [-0.05, 0) is 39.3 Å². The van der Waals surface area contributed by atoms with E-state index in [9.17, 15) is 4.79 Å². The molecule has 0 saturated heterocycles. The summed E-state index contributed by atoms with van der Waals surface area (Å²) < 4.78 is 0. The van der Waals surface area contributed by atoms with Crippen LogP contribution in [0, 0.1) is 11.8 Å². The molecular weight excluding hydrogens is 216 g/mol. The molecule has 17 heavy (non-hydrogen) atoms. The Morgan fingerprint density at radius 2 is 2.06 bits per heavy atom. The molecule has 0 amide bonds. The van der Waals surface area contributed by atoms with Gasteiger partial charge in [-0.2, -0.15) is 0 Å². The fraction of sp³-hybridized carbons (Fsp3) is 0.923. The summed E-state index contributed by atoms with van der Waals surface area (Å²) in [7, 11) is 4.12. The normalized spacial score (nSPS) is 26.0. The Bertz CT molecular complexity index is 244. The number of rotatable bonds is 7. The number of nitrogens with one attached hydrogen (secondary N) is 1. The summed E-state index contributed by atoms with van der Waals surface area (Å²) in [6.45, 7) is 5.39. The van der Waals surface area contributed by atoms with E-state index in [1.165, 1.54) is 0 Å². The molecule has 3 unspecified atom stereocenters. The second-order valence-electron chi connectivity index (χ2n) is 5.88. The fourth-order valence-electron chi connectivity index (χ4n) is 2.50. The third-order valence-corrected chi connectivity index (χ3v) is 3.38. The molecule has 2 N–H and O–H groups in total. The Hall–Kier alpha value is -0.610. The summed E-state index contributed by atoms with van der Waals surface area (Å²) in [5.41, 5.74) is 0. The van der Waals surface area contributed by atoms with Crippen LogP contribution in [-0.4, -0.2) is 48.7 Å². The van der Waals surface area contributed by atoms with Crippen molar-refractivity contribution in [3.8, 4) is 0 Å². The summed E-state index contributed by atoms with van der Waals surface area (Å²) in [5.74, 6) is -0.190. The molecule has 1 aliphatic rings. The molecule has 0 aromatic heterocycles. The maximum atomic E-state index is 11.0. The van der Waals surface area contributed by atoms with E-state index in [4.69, 9.17) is 5.11 Å². The molecule has 0 heterocycles. The topological polar surface area (TPSA) is 52.6 Å². The quantitative estimate of drug-likeness (QED) is 0.709. The number of carboxylic acid groups (broad SMARTS) is 1. The molecule has 0 aliphatic heterocycles. The van der Waals surface area contributed by atoms with Crippen molar-refractivity contribution >= 4 is 5.97 Å². The van der Waals surface area contributed by atoms with Crippen molar-refractivity contribution < 1.29 is 9.90 Å². The zero-order valence-electron chi connectivity index (χ0n) is 11.4. The predicted octanol–water partition coefficient (Wildman–Crippen LogP) is 1.42. The van der Waals surface area contributed by atoms with Crippen molar-refractivity contribution in [2.45, 2.75) is 45.2 Å². The first-order valence-corrected chi connectivity index (χ1v) is 6.53. The molecule has 4 nitrogen and oxygen atoms in total. The van der Waals surface area contributed by atoms with Crippen molar-refractivity contribution in [2.75, 3.05) is 20.6 Å². The minimum absolute atomic E-state index is 0.174. The smallest absolute Gasteiger partial charge is 0.308 e. The summed E-state index contributed by atoms with van der Waals surface area (Å²) in [5, 5.41) is 12.6. The monoisotopic (exact) mass is 242 g/mol. The van der Waals surface area contributed by atoms with Crippen LogP contribution in [0.1, 0.15) is 33.1 Å². The maximum Gasteiger partial charge on any atom is 0.308 e. The predicted molar refractivity (Wildman–Crippen MR) is 69.1 cm³/mol. The number of carbonyl (C=O) groups is 1. The van der Waals surface area contributed by atoms with E-state index in [0.29, 0.717) is 12.0 Å². The molecule has 4 heteroatoms. The average molecular weight is 242 g/mol. The van der Waals surface area contributed by atoms with E-state index in [0.717, 1.165) is 25.8 Å². The molecule has 1 aliphatic carbocycles. The Morgan fingerprint density at radius 3 is 2.41 bits per heavy atom. The third-order valence-electron chi connectivity index (χ3n) is 3.38. The van der Waals surface area contributed by atoms with Crippen LogP contribution in [0.2, 0.25) is 0 Å². The summed E-state index contributed by atoms with van der Waals surface area (Å²) >= 11 is 0. The van der Waals surface area contributed by atoms with E-state index in [1.807, 2.05) is 0 Å². The number of nitrogens with zero attached hydrogens (tertiary/aromatic N) is 1. The van der Waals surface area contributed by atoms with Crippen LogP contribution in [0.4, 0.5) is 0 Å². The molecule has 100 valence electrons. The van der Waals surface area contributed by atoms with Crippen LogP contribution in [0.3, 0.4) is 0 Å². The number of likely N-dealkylation sites (N-methyl/N-ethyl adjacent to an activating group) is 1. The largest absolute Gasteiger partial charge is 0.481 e. The molecule has 0 aromatic carbocycles. The highest BCUT2D eigenvalue weighted by Crippen LogP contribution is 2.28. The van der Waals surface area contributed by atoms with Gasteiger partial charge in [0, 0.05) is 18.6 Å². The third kappa shape index (κ3) is 4.64. The lowest BCUT2D eigenvalue weighted by atomic mass is 9.79. The summed E-state index contributed by atoms with van der Waals surface area (Å²) in [6, 6.07) is 0.577. The van der Waals surface area contributed by atoms with Gasteiger partial charge in [0.2, 0.25) is 0 Å². The Kier molecular flexibility index (Phi) is 5.40. The lowest BCUT2D eigenvalue weighted by molar-refractivity contribution is -0.146. The van der Waals surface area contributed by atoms with Crippen LogP contribution in [0.15, 0.2) is 0 Å². The fourth-order valence-corrected chi connectivity index (χ4v) is 2.50. The zero-order valence-corrected chi connectivity index (χ0v) is 11.4. The summed E-state index contributed by atoms with van der Waals surface area (Å²) in [6.07, 6.45) is 2.92. The first-order valence-electron chi connectivity index (χ1n) is 6.53. The van der Waals surface area contributed by atoms with Gasteiger partial charge in [0.25, 0.3) is 0 Å². The van der Waals surface area contributed by atoms with E-state index in [2.05, 4.69) is 38.2 Å². The molecule has 0 aromatic rings. The highest BCUT2D eigenvalue weighted by Gasteiger charge is 2.37. The molecule has 1 rings (SSSR count).